The fourth-order valence-corrected chi connectivity index (χ4v) is 3.49. The molecule has 0 aromatic carbocycles. The van der Waals surface area contributed by atoms with Crippen molar-refractivity contribution in [2.45, 2.75) is 13.5 Å². The highest BCUT2D eigenvalue weighted by molar-refractivity contribution is 5.93. The van der Waals surface area contributed by atoms with Gasteiger partial charge in [0.25, 0.3) is 5.91 Å². The summed E-state index contributed by atoms with van der Waals surface area (Å²) in [7, 11) is 2.10. The number of nitrogens with one attached hydrogen (secondary N) is 1. The average Bonchev–Trinajstić information content (AvgIpc) is 3.05. The molecule has 7 nitrogen and oxygen atoms in total. The number of imidazole rings is 1. The van der Waals surface area contributed by atoms with Gasteiger partial charge in [-0.1, -0.05) is 12.1 Å². The summed E-state index contributed by atoms with van der Waals surface area (Å²) >= 11 is 0. The third-order valence-corrected chi connectivity index (χ3v) is 5.11. The lowest BCUT2D eigenvalue weighted by molar-refractivity contribution is 0.0942. The summed E-state index contributed by atoms with van der Waals surface area (Å²) in [6.45, 7) is 5.74. The van der Waals surface area contributed by atoms with Crippen molar-refractivity contribution in [2.75, 3.05) is 38.1 Å². The van der Waals surface area contributed by atoms with Crippen LogP contribution in [-0.4, -0.2) is 58.4 Å². The molecule has 146 valence electrons. The molecule has 4 rings (SSSR count). The Morgan fingerprint density at radius 3 is 2.71 bits per heavy atom. The van der Waals surface area contributed by atoms with Gasteiger partial charge in [-0.05, 0) is 32.2 Å². The van der Waals surface area contributed by atoms with Gasteiger partial charge in [0.1, 0.15) is 11.5 Å². The number of halogens is 1. The van der Waals surface area contributed by atoms with Crippen molar-refractivity contribution in [3.63, 3.8) is 0 Å². The van der Waals surface area contributed by atoms with E-state index in [2.05, 4.69) is 32.1 Å². The highest BCUT2D eigenvalue weighted by atomic mass is 19.1. The second-order valence-corrected chi connectivity index (χ2v) is 7.07. The number of aromatic nitrogens is 3. The number of anilines is 1. The van der Waals surface area contributed by atoms with Gasteiger partial charge >= 0.3 is 0 Å². The molecular formula is C20H23FN6O. The Bertz CT molecular complexity index is 1010. The van der Waals surface area contributed by atoms with Crippen LogP contribution in [0, 0.1) is 12.9 Å². The minimum absolute atomic E-state index is 0.195. The average molecular weight is 382 g/mol. The molecule has 1 amide bonds. The lowest BCUT2D eigenvalue weighted by Gasteiger charge is -2.34. The molecule has 1 N–H and O–H groups in total. The van der Waals surface area contributed by atoms with E-state index in [1.807, 2.05) is 12.1 Å². The predicted molar refractivity (Wildman–Crippen MR) is 105 cm³/mol. The number of aryl methyl sites for hydroxylation is 1. The molecule has 28 heavy (non-hydrogen) atoms. The number of likely N-dealkylation sites (N-methyl/N-ethyl adjacent to an activating group) is 1. The first-order chi connectivity index (χ1) is 13.5. The molecule has 0 aliphatic carbocycles. The van der Waals surface area contributed by atoms with Gasteiger partial charge in [-0.25, -0.2) is 9.97 Å². The highest BCUT2D eigenvalue weighted by Gasteiger charge is 2.21. The van der Waals surface area contributed by atoms with E-state index in [1.54, 1.807) is 31.3 Å². The van der Waals surface area contributed by atoms with Gasteiger partial charge in [0.15, 0.2) is 5.69 Å². The molecule has 0 atom stereocenters. The maximum Gasteiger partial charge on any atom is 0.274 e. The number of fused-ring (bicyclic) bond motifs is 1. The maximum absolute atomic E-state index is 14.7. The molecule has 1 aliphatic heterocycles. The van der Waals surface area contributed by atoms with E-state index in [0.29, 0.717) is 11.3 Å². The number of hydrogen-bond acceptors (Lipinski definition) is 5. The Hall–Kier alpha value is -3.00. The SMILES string of the molecule is Cc1cccc2nc(C(=O)NCc3cccnc3N3CCN(C)CC3)c(F)n12. The zero-order chi connectivity index (χ0) is 19.7. The molecule has 0 radical (unpaired) electrons. The van der Waals surface area contributed by atoms with Crippen LogP contribution in [0.4, 0.5) is 10.2 Å². The number of carbonyl (C=O) groups is 1. The van der Waals surface area contributed by atoms with Crippen LogP contribution in [0.5, 0.6) is 0 Å². The molecule has 0 bridgehead atoms. The highest BCUT2D eigenvalue weighted by Crippen LogP contribution is 2.19. The fraction of sp³-hybridized carbons (Fsp3) is 0.350. The number of carbonyl (C=O) groups excluding carboxylic acids is 1. The van der Waals surface area contributed by atoms with Gasteiger partial charge in [0, 0.05) is 50.2 Å². The summed E-state index contributed by atoms with van der Waals surface area (Å²) in [5.41, 5.74) is 1.81. The maximum atomic E-state index is 14.7. The molecule has 4 heterocycles. The summed E-state index contributed by atoms with van der Waals surface area (Å²) in [6, 6.07) is 9.02. The number of amides is 1. The normalized spacial score (nSPS) is 15.2. The number of rotatable bonds is 4. The lowest BCUT2D eigenvalue weighted by Crippen LogP contribution is -2.45. The molecule has 0 spiro atoms. The van der Waals surface area contributed by atoms with Gasteiger partial charge in [0.05, 0.1) is 0 Å². The van der Waals surface area contributed by atoms with E-state index >= 15 is 0 Å². The molecule has 0 saturated carbocycles. The van der Waals surface area contributed by atoms with Crippen molar-refractivity contribution in [1.29, 1.82) is 0 Å². The first-order valence-corrected chi connectivity index (χ1v) is 9.34. The Morgan fingerprint density at radius 1 is 1.18 bits per heavy atom. The fourth-order valence-electron chi connectivity index (χ4n) is 3.49. The van der Waals surface area contributed by atoms with Gasteiger partial charge < -0.3 is 15.1 Å². The van der Waals surface area contributed by atoms with E-state index in [4.69, 9.17) is 0 Å². The van der Waals surface area contributed by atoms with Crippen molar-refractivity contribution >= 4 is 17.4 Å². The van der Waals surface area contributed by atoms with E-state index in [1.165, 1.54) is 4.40 Å². The van der Waals surface area contributed by atoms with Crippen LogP contribution in [0.3, 0.4) is 0 Å². The van der Waals surface area contributed by atoms with Crippen molar-refractivity contribution in [1.82, 2.24) is 24.6 Å². The summed E-state index contributed by atoms with van der Waals surface area (Å²) in [6.07, 6.45) is 1.75. The number of hydrogen-bond donors (Lipinski definition) is 1. The van der Waals surface area contributed by atoms with Crippen LogP contribution in [0.15, 0.2) is 36.5 Å². The van der Waals surface area contributed by atoms with Gasteiger partial charge in [-0.3, -0.25) is 9.20 Å². The minimum atomic E-state index is -0.643. The van der Waals surface area contributed by atoms with Crippen LogP contribution < -0.4 is 10.2 Å². The van der Waals surface area contributed by atoms with Crippen LogP contribution in [-0.2, 0) is 6.54 Å². The monoisotopic (exact) mass is 382 g/mol. The predicted octanol–water partition coefficient (Wildman–Crippen LogP) is 1.86. The van der Waals surface area contributed by atoms with E-state index in [0.717, 1.165) is 37.6 Å². The summed E-state index contributed by atoms with van der Waals surface area (Å²) in [4.78, 5) is 25.7. The zero-order valence-corrected chi connectivity index (χ0v) is 16.0. The summed E-state index contributed by atoms with van der Waals surface area (Å²) in [5, 5.41) is 2.79. The van der Waals surface area contributed by atoms with Crippen LogP contribution in [0.25, 0.3) is 5.65 Å². The van der Waals surface area contributed by atoms with E-state index in [9.17, 15) is 9.18 Å². The van der Waals surface area contributed by atoms with Gasteiger partial charge in [-0.2, -0.15) is 4.39 Å². The van der Waals surface area contributed by atoms with Crippen LogP contribution in [0.2, 0.25) is 0 Å². The first-order valence-electron chi connectivity index (χ1n) is 9.34. The third kappa shape index (κ3) is 3.43. The summed E-state index contributed by atoms with van der Waals surface area (Å²) < 4.78 is 16.0. The second-order valence-electron chi connectivity index (χ2n) is 7.07. The van der Waals surface area contributed by atoms with Crippen molar-refractivity contribution in [2.24, 2.45) is 0 Å². The second kappa shape index (κ2) is 7.55. The lowest BCUT2D eigenvalue weighted by atomic mass is 10.2. The molecule has 3 aromatic heterocycles. The van der Waals surface area contributed by atoms with Gasteiger partial charge in [-0.15, -0.1) is 0 Å². The van der Waals surface area contributed by atoms with Gasteiger partial charge in [0.2, 0.25) is 5.95 Å². The molecular weight excluding hydrogens is 359 g/mol. The van der Waals surface area contributed by atoms with Crippen molar-refractivity contribution < 1.29 is 9.18 Å². The Labute approximate surface area is 162 Å². The number of pyridine rings is 2. The minimum Gasteiger partial charge on any atom is -0.354 e. The Balaban J connectivity index is 1.52. The molecule has 1 saturated heterocycles. The molecule has 1 aliphatic rings. The largest absolute Gasteiger partial charge is 0.354 e. The van der Waals surface area contributed by atoms with E-state index < -0.39 is 11.9 Å². The summed E-state index contributed by atoms with van der Waals surface area (Å²) in [5.74, 6) is -0.313. The Morgan fingerprint density at radius 2 is 1.96 bits per heavy atom. The van der Waals surface area contributed by atoms with Crippen molar-refractivity contribution in [3.8, 4) is 0 Å². The molecule has 3 aromatic rings. The third-order valence-electron chi connectivity index (χ3n) is 5.11. The number of piperazine rings is 1. The topological polar surface area (TPSA) is 65.8 Å². The van der Waals surface area contributed by atoms with Crippen LogP contribution in [0.1, 0.15) is 21.7 Å². The number of nitrogens with zero attached hydrogens (tertiary/aromatic N) is 5. The smallest absolute Gasteiger partial charge is 0.274 e. The van der Waals surface area contributed by atoms with Crippen LogP contribution >= 0.6 is 0 Å². The Kier molecular flexibility index (Phi) is 4.95. The van der Waals surface area contributed by atoms with Crippen molar-refractivity contribution in [3.05, 3.63) is 59.4 Å². The quantitative estimate of drug-likeness (QED) is 0.746. The zero-order valence-electron chi connectivity index (χ0n) is 16.0. The standard InChI is InChI=1S/C20H23FN6O/c1-14-5-3-7-16-24-17(18(21)27(14)16)20(28)23-13-15-6-4-8-22-19(15)26-11-9-25(2)10-12-26/h3-8H,9-13H2,1-2H3,(H,23,28). The van der Waals surface area contributed by atoms with E-state index in [-0.39, 0.29) is 12.2 Å². The molecule has 1 fully saturated rings. The molecule has 0 unspecified atom stereocenters. The first kappa shape index (κ1) is 18.4. The molecule has 8 heteroatoms.